The van der Waals surface area contributed by atoms with E-state index < -0.39 is 21.5 Å². The van der Waals surface area contributed by atoms with Crippen LogP contribution in [0.25, 0.3) is 0 Å². The predicted octanol–water partition coefficient (Wildman–Crippen LogP) is 2.03. The number of benzene rings is 1. The number of ether oxygens (including phenoxy) is 1. The van der Waals surface area contributed by atoms with E-state index in [-0.39, 0.29) is 13.0 Å². The Balaban J connectivity index is 2.68. The number of carbonyl (C=O) groups excluding carboxylic acids is 1. The van der Waals surface area contributed by atoms with Gasteiger partial charge in [0, 0.05) is 6.42 Å². The molecule has 0 heterocycles. The van der Waals surface area contributed by atoms with E-state index in [4.69, 9.17) is 4.74 Å². The lowest BCUT2D eigenvalue weighted by molar-refractivity contribution is -0.108. The van der Waals surface area contributed by atoms with E-state index in [1.54, 1.807) is 19.1 Å². The van der Waals surface area contributed by atoms with Crippen LogP contribution in [-0.2, 0) is 26.3 Å². The highest BCUT2D eigenvalue weighted by molar-refractivity contribution is 7.86. The fourth-order valence-electron chi connectivity index (χ4n) is 1.76. The standard InChI is InChI=1S/C13H18O5S/c1-11(6-5-9-14)13(19(15,16)17)18-10-12-7-3-2-4-8-12/h2-4,7-9,11,13H,5-6,10H2,1H3,(H,15,16,17). The van der Waals surface area contributed by atoms with Gasteiger partial charge in [-0.1, -0.05) is 37.3 Å². The first kappa shape index (κ1) is 15.8. The average Bonchev–Trinajstić information content (AvgIpc) is 2.36. The molecule has 0 aromatic heterocycles. The Kier molecular flexibility index (Phi) is 6.14. The molecule has 0 radical (unpaired) electrons. The second-order valence-electron chi connectivity index (χ2n) is 4.40. The molecular weight excluding hydrogens is 268 g/mol. The lowest BCUT2D eigenvalue weighted by Gasteiger charge is -2.21. The lowest BCUT2D eigenvalue weighted by atomic mass is 10.1. The molecular formula is C13H18O5S. The molecule has 0 spiro atoms. The molecule has 0 amide bonds. The van der Waals surface area contributed by atoms with Gasteiger partial charge >= 0.3 is 0 Å². The fraction of sp³-hybridized carbons (Fsp3) is 0.462. The zero-order valence-electron chi connectivity index (χ0n) is 10.7. The minimum atomic E-state index is -4.30. The first-order chi connectivity index (χ1) is 8.95. The first-order valence-electron chi connectivity index (χ1n) is 6.00. The summed E-state index contributed by atoms with van der Waals surface area (Å²) in [7, 11) is -4.30. The van der Waals surface area contributed by atoms with Crippen LogP contribution >= 0.6 is 0 Å². The summed E-state index contributed by atoms with van der Waals surface area (Å²) in [6.45, 7) is 1.73. The third-order valence-corrected chi connectivity index (χ3v) is 3.94. The number of hydrogen-bond donors (Lipinski definition) is 1. The molecule has 0 aliphatic rings. The Morgan fingerprint density at radius 2 is 1.95 bits per heavy atom. The van der Waals surface area contributed by atoms with Crippen molar-refractivity contribution in [1.29, 1.82) is 0 Å². The number of aldehydes is 1. The van der Waals surface area contributed by atoms with Crippen LogP contribution in [0.1, 0.15) is 25.3 Å². The van der Waals surface area contributed by atoms with Crippen LogP contribution in [0, 0.1) is 5.92 Å². The van der Waals surface area contributed by atoms with Crippen molar-refractivity contribution in [2.75, 3.05) is 0 Å². The van der Waals surface area contributed by atoms with E-state index in [9.17, 15) is 17.8 Å². The Labute approximate surface area is 113 Å². The van der Waals surface area contributed by atoms with E-state index in [0.29, 0.717) is 6.42 Å². The van der Waals surface area contributed by atoms with E-state index in [2.05, 4.69) is 0 Å². The molecule has 0 aliphatic heterocycles. The zero-order chi connectivity index (χ0) is 14.3. The van der Waals surface area contributed by atoms with Crippen LogP contribution < -0.4 is 0 Å². The minimum absolute atomic E-state index is 0.0940. The van der Waals surface area contributed by atoms with Crippen molar-refractivity contribution in [2.24, 2.45) is 5.92 Å². The van der Waals surface area contributed by atoms with Gasteiger partial charge in [0.2, 0.25) is 0 Å². The summed E-state index contributed by atoms with van der Waals surface area (Å²) in [4.78, 5) is 10.3. The van der Waals surface area contributed by atoms with Crippen molar-refractivity contribution in [1.82, 2.24) is 0 Å². The summed E-state index contributed by atoms with van der Waals surface area (Å²) >= 11 is 0. The Hall–Kier alpha value is -1.24. The van der Waals surface area contributed by atoms with Gasteiger partial charge in [-0.15, -0.1) is 0 Å². The summed E-state index contributed by atoms with van der Waals surface area (Å²) < 4.78 is 37.1. The van der Waals surface area contributed by atoms with Gasteiger partial charge in [-0.3, -0.25) is 4.55 Å². The van der Waals surface area contributed by atoms with Gasteiger partial charge in [0.05, 0.1) is 6.61 Å². The van der Waals surface area contributed by atoms with Gasteiger partial charge in [-0.2, -0.15) is 8.42 Å². The van der Waals surface area contributed by atoms with E-state index in [0.717, 1.165) is 11.8 Å². The van der Waals surface area contributed by atoms with Crippen molar-refractivity contribution in [3.63, 3.8) is 0 Å². The third kappa shape index (κ3) is 5.50. The lowest BCUT2D eigenvalue weighted by Crippen LogP contribution is -2.30. The number of carbonyl (C=O) groups is 1. The van der Waals surface area contributed by atoms with Gasteiger partial charge in [0.1, 0.15) is 6.29 Å². The number of hydrogen-bond acceptors (Lipinski definition) is 4. The molecule has 0 saturated heterocycles. The second-order valence-corrected chi connectivity index (χ2v) is 5.90. The molecule has 6 heteroatoms. The summed E-state index contributed by atoms with van der Waals surface area (Å²) in [5, 5.41) is 0. The minimum Gasteiger partial charge on any atom is -0.355 e. The first-order valence-corrected chi connectivity index (χ1v) is 7.51. The van der Waals surface area contributed by atoms with Crippen LogP contribution in [0.4, 0.5) is 0 Å². The van der Waals surface area contributed by atoms with Gasteiger partial charge in [0.15, 0.2) is 5.44 Å². The van der Waals surface area contributed by atoms with Crippen molar-refractivity contribution < 1.29 is 22.5 Å². The molecule has 1 aromatic carbocycles. The smallest absolute Gasteiger partial charge is 0.292 e. The van der Waals surface area contributed by atoms with E-state index in [1.165, 1.54) is 0 Å². The van der Waals surface area contributed by atoms with E-state index >= 15 is 0 Å². The molecule has 1 aromatic rings. The average molecular weight is 286 g/mol. The molecule has 1 rings (SSSR count). The van der Waals surface area contributed by atoms with Gasteiger partial charge in [-0.05, 0) is 17.9 Å². The van der Waals surface area contributed by atoms with Crippen LogP contribution in [0.3, 0.4) is 0 Å². The topological polar surface area (TPSA) is 80.7 Å². The van der Waals surface area contributed by atoms with Crippen LogP contribution in [0.15, 0.2) is 30.3 Å². The molecule has 2 atom stereocenters. The highest BCUT2D eigenvalue weighted by atomic mass is 32.2. The largest absolute Gasteiger partial charge is 0.355 e. The van der Waals surface area contributed by atoms with Gasteiger partial charge < -0.3 is 9.53 Å². The molecule has 0 bridgehead atoms. The van der Waals surface area contributed by atoms with Crippen molar-refractivity contribution in [2.45, 2.75) is 31.8 Å². The normalized spacial score (nSPS) is 14.8. The van der Waals surface area contributed by atoms with Crippen molar-refractivity contribution >= 4 is 16.4 Å². The monoisotopic (exact) mass is 286 g/mol. The molecule has 19 heavy (non-hydrogen) atoms. The third-order valence-electron chi connectivity index (χ3n) is 2.76. The van der Waals surface area contributed by atoms with Gasteiger partial charge in [0.25, 0.3) is 10.1 Å². The highest BCUT2D eigenvalue weighted by Gasteiger charge is 2.29. The van der Waals surface area contributed by atoms with Gasteiger partial charge in [-0.25, -0.2) is 0 Å². The Bertz CT molecular complexity index is 483. The summed E-state index contributed by atoms with van der Waals surface area (Å²) in [5.41, 5.74) is -0.494. The molecule has 5 nitrogen and oxygen atoms in total. The highest BCUT2D eigenvalue weighted by Crippen LogP contribution is 2.19. The summed E-state index contributed by atoms with van der Waals surface area (Å²) in [6.07, 6.45) is 1.30. The maximum atomic E-state index is 11.3. The Morgan fingerprint density at radius 3 is 2.47 bits per heavy atom. The SMILES string of the molecule is CC(CCC=O)C(OCc1ccccc1)S(=O)(=O)O. The molecule has 0 fully saturated rings. The molecule has 0 saturated carbocycles. The summed E-state index contributed by atoms with van der Waals surface area (Å²) in [6, 6.07) is 9.08. The Morgan fingerprint density at radius 1 is 1.32 bits per heavy atom. The van der Waals surface area contributed by atoms with Crippen LogP contribution in [-0.4, -0.2) is 24.7 Å². The predicted molar refractivity (Wildman–Crippen MR) is 71.0 cm³/mol. The van der Waals surface area contributed by atoms with E-state index in [1.807, 2.05) is 18.2 Å². The molecule has 2 unspecified atom stereocenters. The maximum absolute atomic E-state index is 11.3. The summed E-state index contributed by atoms with van der Waals surface area (Å²) in [5.74, 6) is -0.455. The number of rotatable bonds is 8. The molecule has 106 valence electrons. The van der Waals surface area contributed by atoms with Crippen LogP contribution in [0.2, 0.25) is 0 Å². The maximum Gasteiger partial charge on any atom is 0.292 e. The zero-order valence-corrected chi connectivity index (χ0v) is 11.5. The second kappa shape index (κ2) is 7.37. The fourth-order valence-corrected chi connectivity index (χ4v) is 2.73. The van der Waals surface area contributed by atoms with Crippen molar-refractivity contribution in [3.8, 4) is 0 Å². The quantitative estimate of drug-likeness (QED) is 0.584. The molecule has 0 aliphatic carbocycles. The van der Waals surface area contributed by atoms with Crippen LogP contribution in [0.5, 0.6) is 0 Å². The van der Waals surface area contributed by atoms with Crippen molar-refractivity contribution in [3.05, 3.63) is 35.9 Å². The molecule has 1 N–H and O–H groups in total.